The molecule has 0 bridgehead atoms. The maximum absolute atomic E-state index is 11.8. The van der Waals surface area contributed by atoms with Crippen molar-refractivity contribution in [2.24, 2.45) is 0 Å². The van der Waals surface area contributed by atoms with E-state index in [9.17, 15) is 9.59 Å². The molecule has 0 fully saturated rings. The van der Waals surface area contributed by atoms with Gasteiger partial charge in [0.15, 0.2) is 0 Å². The highest BCUT2D eigenvalue weighted by atomic mass is 16.5. The molecule has 20 heavy (non-hydrogen) atoms. The molecule has 0 aliphatic rings. The number of nitrogens with one attached hydrogen (secondary N) is 2. The van der Waals surface area contributed by atoms with Crippen LogP contribution in [0.25, 0.3) is 0 Å². The lowest BCUT2D eigenvalue weighted by molar-refractivity contribution is -0.143. The van der Waals surface area contributed by atoms with E-state index in [1.165, 1.54) is 0 Å². The number of benzene rings is 1. The van der Waals surface area contributed by atoms with Crippen LogP contribution in [0.3, 0.4) is 0 Å². The van der Waals surface area contributed by atoms with Crippen LogP contribution in [0.1, 0.15) is 42.1 Å². The van der Waals surface area contributed by atoms with E-state index < -0.39 is 0 Å². The Kier molecular flexibility index (Phi) is 7.35. The second-order valence-electron chi connectivity index (χ2n) is 4.57. The molecule has 110 valence electrons. The Balaban J connectivity index is 2.18. The Morgan fingerprint density at radius 3 is 2.80 bits per heavy atom. The highest BCUT2D eigenvalue weighted by Gasteiger charge is 2.05. The van der Waals surface area contributed by atoms with Crippen molar-refractivity contribution < 1.29 is 14.3 Å². The fourth-order valence-corrected chi connectivity index (χ4v) is 1.57. The molecule has 0 heterocycles. The van der Waals surface area contributed by atoms with E-state index in [1.54, 1.807) is 12.1 Å². The molecule has 1 aromatic rings. The molecule has 1 rings (SSSR count). The molecule has 0 saturated heterocycles. The molecular formula is C15H22N2O3. The summed E-state index contributed by atoms with van der Waals surface area (Å²) in [6, 6.07) is 7.30. The minimum atomic E-state index is -0.254. The third kappa shape index (κ3) is 6.33. The van der Waals surface area contributed by atoms with Gasteiger partial charge in [-0.25, -0.2) is 5.43 Å². The average Bonchev–Trinajstić information content (AvgIpc) is 2.43. The van der Waals surface area contributed by atoms with Gasteiger partial charge in [-0.1, -0.05) is 31.0 Å². The Hall–Kier alpha value is -1.88. The van der Waals surface area contributed by atoms with Gasteiger partial charge >= 0.3 is 5.97 Å². The molecule has 0 saturated carbocycles. The molecule has 5 nitrogen and oxygen atoms in total. The molecule has 5 heteroatoms. The monoisotopic (exact) mass is 278 g/mol. The maximum atomic E-state index is 11.8. The molecule has 1 amide bonds. The number of hydrogen-bond donors (Lipinski definition) is 2. The predicted octanol–water partition coefficient (Wildman–Crippen LogP) is 1.96. The summed E-state index contributed by atoms with van der Waals surface area (Å²) in [6.45, 7) is 4.78. The number of amides is 1. The fraction of sp³-hybridized carbons (Fsp3) is 0.467. The summed E-state index contributed by atoms with van der Waals surface area (Å²) in [7, 11) is 0. The van der Waals surface area contributed by atoms with Gasteiger partial charge in [0.05, 0.1) is 13.0 Å². The van der Waals surface area contributed by atoms with Crippen molar-refractivity contribution in [3.63, 3.8) is 0 Å². The number of carbonyl (C=O) groups excluding carboxylic acids is 2. The molecule has 0 unspecified atom stereocenters. The van der Waals surface area contributed by atoms with Gasteiger partial charge in [-0.05, 0) is 25.5 Å². The second-order valence-corrected chi connectivity index (χ2v) is 4.57. The van der Waals surface area contributed by atoms with Gasteiger partial charge in [-0.15, -0.1) is 0 Å². The Labute approximate surface area is 119 Å². The number of unbranched alkanes of at least 4 members (excludes halogenated alkanes) is 1. The van der Waals surface area contributed by atoms with Crippen LogP contribution < -0.4 is 10.9 Å². The van der Waals surface area contributed by atoms with Crippen molar-refractivity contribution in [3.05, 3.63) is 35.4 Å². The minimum Gasteiger partial charge on any atom is -0.466 e. The average molecular weight is 278 g/mol. The molecule has 2 N–H and O–H groups in total. The maximum Gasteiger partial charge on any atom is 0.307 e. The van der Waals surface area contributed by atoms with E-state index in [1.807, 2.05) is 26.0 Å². The predicted molar refractivity (Wildman–Crippen MR) is 77.1 cm³/mol. The molecular weight excluding hydrogens is 256 g/mol. The van der Waals surface area contributed by atoms with Crippen LogP contribution in [0.15, 0.2) is 24.3 Å². The van der Waals surface area contributed by atoms with Gasteiger partial charge < -0.3 is 4.74 Å². The van der Waals surface area contributed by atoms with Gasteiger partial charge in [0.2, 0.25) is 0 Å². The van der Waals surface area contributed by atoms with E-state index >= 15 is 0 Å². The van der Waals surface area contributed by atoms with Gasteiger partial charge in [0.25, 0.3) is 5.91 Å². The molecule has 0 aromatic heterocycles. The van der Waals surface area contributed by atoms with E-state index in [2.05, 4.69) is 10.9 Å². The van der Waals surface area contributed by atoms with Gasteiger partial charge in [0.1, 0.15) is 0 Å². The number of rotatable bonds is 8. The van der Waals surface area contributed by atoms with E-state index in [4.69, 9.17) is 4.74 Å². The largest absolute Gasteiger partial charge is 0.466 e. The number of aryl methyl sites for hydroxylation is 1. The first-order chi connectivity index (χ1) is 9.63. The smallest absolute Gasteiger partial charge is 0.307 e. The lowest BCUT2D eigenvalue weighted by Crippen LogP contribution is -2.38. The number of hydrazine groups is 1. The quantitative estimate of drug-likeness (QED) is 0.433. The molecule has 0 aliphatic carbocycles. The first-order valence-electron chi connectivity index (χ1n) is 6.89. The van der Waals surface area contributed by atoms with Crippen LogP contribution in [0.5, 0.6) is 0 Å². The van der Waals surface area contributed by atoms with Crippen LogP contribution in [0, 0.1) is 6.92 Å². The highest BCUT2D eigenvalue weighted by molar-refractivity contribution is 5.93. The summed E-state index contributed by atoms with van der Waals surface area (Å²) in [6.07, 6.45) is 2.11. The van der Waals surface area contributed by atoms with E-state index in [-0.39, 0.29) is 18.3 Å². The zero-order valence-electron chi connectivity index (χ0n) is 12.1. The van der Waals surface area contributed by atoms with E-state index in [0.717, 1.165) is 18.4 Å². The summed E-state index contributed by atoms with van der Waals surface area (Å²) in [5.41, 5.74) is 6.89. The summed E-state index contributed by atoms with van der Waals surface area (Å²) < 4.78 is 5.00. The van der Waals surface area contributed by atoms with Crippen molar-refractivity contribution >= 4 is 11.9 Å². The second kappa shape index (κ2) is 9.09. The van der Waals surface area contributed by atoms with Crippen LogP contribution in [-0.2, 0) is 9.53 Å². The highest BCUT2D eigenvalue weighted by Crippen LogP contribution is 2.02. The standard InChI is InChI=1S/C15H22N2O3/c1-3-4-10-20-14(18)8-9-16-17-15(19)13-7-5-6-12(2)11-13/h5-7,11,16H,3-4,8-10H2,1-2H3,(H,17,19). The SMILES string of the molecule is CCCCOC(=O)CCNNC(=O)c1cccc(C)c1. The third-order valence-electron chi connectivity index (χ3n) is 2.70. The zero-order valence-corrected chi connectivity index (χ0v) is 12.1. The van der Waals surface area contributed by atoms with Crippen molar-refractivity contribution in [1.29, 1.82) is 0 Å². The van der Waals surface area contributed by atoms with Crippen molar-refractivity contribution in [2.45, 2.75) is 33.1 Å². The Morgan fingerprint density at radius 1 is 1.30 bits per heavy atom. The Morgan fingerprint density at radius 2 is 2.10 bits per heavy atom. The minimum absolute atomic E-state index is 0.215. The molecule has 0 radical (unpaired) electrons. The lowest BCUT2D eigenvalue weighted by atomic mass is 10.1. The van der Waals surface area contributed by atoms with Crippen LogP contribution in [-0.4, -0.2) is 25.0 Å². The number of carbonyl (C=O) groups is 2. The third-order valence-corrected chi connectivity index (χ3v) is 2.70. The number of hydrogen-bond acceptors (Lipinski definition) is 4. The summed E-state index contributed by atoms with van der Waals surface area (Å²) in [5, 5.41) is 0. The van der Waals surface area contributed by atoms with Crippen molar-refractivity contribution in [1.82, 2.24) is 10.9 Å². The van der Waals surface area contributed by atoms with E-state index in [0.29, 0.717) is 18.7 Å². The Bertz CT molecular complexity index is 446. The van der Waals surface area contributed by atoms with Crippen molar-refractivity contribution in [2.75, 3.05) is 13.2 Å². The normalized spacial score (nSPS) is 10.1. The zero-order chi connectivity index (χ0) is 14.8. The summed E-state index contributed by atoms with van der Waals surface area (Å²) >= 11 is 0. The van der Waals surface area contributed by atoms with Gasteiger partial charge in [-0.2, -0.15) is 0 Å². The van der Waals surface area contributed by atoms with Gasteiger partial charge in [0, 0.05) is 12.1 Å². The van der Waals surface area contributed by atoms with Crippen LogP contribution >= 0.6 is 0 Å². The van der Waals surface area contributed by atoms with Crippen LogP contribution in [0.2, 0.25) is 0 Å². The first kappa shape index (κ1) is 16.2. The summed E-state index contributed by atoms with van der Waals surface area (Å²) in [4.78, 5) is 23.1. The molecule has 1 aromatic carbocycles. The number of ether oxygens (including phenoxy) is 1. The lowest BCUT2D eigenvalue weighted by Gasteiger charge is -2.08. The summed E-state index contributed by atoms with van der Waals surface area (Å²) in [5.74, 6) is -0.469. The fourth-order valence-electron chi connectivity index (χ4n) is 1.57. The van der Waals surface area contributed by atoms with Crippen LogP contribution in [0.4, 0.5) is 0 Å². The molecule has 0 spiro atoms. The number of esters is 1. The molecule has 0 atom stereocenters. The molecule has 0 aliphatic heterocycles. The first-order valence-corrected chi connectivity index (χ1v) is 6.89. The van der Waals surface area contributed by atoms with Gasteiger partial charge in [-0.3, -0.25) is 15.0 Å². The topological polar surface area (TPSA) is 67.4 Å². The van der Waals surface area contributed by atoms with Crippen molar-refractivity contribution in [3.8, 4) is 0 Å².